The number of halogens is 1. The second kappa shape index (κ2) is 7.97. The van der Waals surface area contributed by atoms with Gasteiger partial charge in [-0.05, 0) is 53.2 Å². The Labute approximate surface area is 154 Å². The van der Waals surface area contributed by atoms with Crippen LogP contribution in [0.15, 0.2) is 58.4 Å². The number of thioether (sulfide) groups is 1. The first-order chi connectivity index (χ1) is 12.5. The summed E-state index contributed by atoms with van der Waals surface area (Å²) in [6.45, 7) is 1.70. The molecule has 0 fully saturated rings. The van der Waals surface area contributed by atoms with Crippen LogP contribution in [0, 0.1) is 5.82 Å². The molecule has 0 bridgehead atoms. The van der Waals surface area contributed by atoms with Crippen molar-refractivity contribution in [2.24, 2.45) is 4.99 Å². The second-order valence-electron chi connectivity index (χ2n) is 5.50. The van der Waals surface area contributed by atoms with Gasteiger partial charge in [-0.1, -0.05) is 24.3 Å². The third-order valence-electron chi connectivity index (χ3n) is 3.40. The molecule has 2 amide bonds. The number of amidine groups is 1. The smallest absolute Gasteiger partial charge is 0.286 e. The zero-order valence-corrected chi connectivity index (χ0v) is 14.7. The Morgan fingerprint density at radius 2 is 1.88 bits per heavy atom. The molecule has 0 atom stereocenters. The fourth-order valence-electron chi connectivity index (χ4n) is 2.17. The van der Waals surface area contributed by atoms with Crippen LogP contribution < -0.4 is 10.1 Å². The lowest BCUT2D eigenvalue weighted by atomic mass is 10.2. The van der Waals surface area contributed by atoms with Gasteiger partial charge in [-0.25, -0.2) is 4.39 Å². The maximum atomic E-state index is 12.9. The molecule has 1 aliphatic heterocycles. The predicted octanol–water partition coefficient (Wildman–Crippen LogP) is 3.51. The first-order valence-corrected chi connectivity index (χ1v) is 8.59. The first kappa shape index (κ1) is 17.9. The van der Waals surface area contributed by atoms with Gasteiger partial charge in [-0.15, -0.1) is 0 Å². The molecule has 0 saturated carbocycles. The fourth-order valence-corrected chi connectivity index (χ4v) is 3.03. The quantitative estimate of drug-likeness (QED) is 0.837. The van der Waals surface area contributed by atoms with Crippen molar-refractivity contribution in [2.75, 3.05) is 0 Å². The molecule has 0 aliphatic carbocycles. The maximum Gasteiger partial charge on any atom is 0.286 e. The van der Waals surface area contributed by atoms with Gasteiger partial charge in [0.15, 0.2) is 5.17 Å². The van der Waals surface area contributed by atoms with Crippen LogP contribution in [0.1, 0.15) is 18.1 Å². The summed E-state index contributed by atoms with van der Waals surface area (Å²) in [6, 6.07) is 13.3. The highest BCUT2D eigenvalue weighted by atomic mass is 32.2. The Morgan fingerprint density at radius 3 is 2.54 bits per heavy atom. The minimum Gasteiger partial charge on any atom is -0.489 e. The number of hydrogen-bond acceptors (Lipinski definition) is 4. The lowest BCUT2D eigenvalue weighted by Crippen LogP contribution is -2.23. The minimum atomic E-state index is -0.379. The van der Waals surface area contributed by atoms with Crippen molar-refractivity contribution in [3.63, 3.8) is 0 Å². The Hall–Kier alpha value is -2.93. The van der Waals surface area contributed by atoms with Gasteiger partial charge in [0, 0.05) is 6.92 Å². The molecule has 7 heteroatoms. The average molecular weight is 370 g/mol. The molecule has 1 aliphatic rings. The highest BCUT2D eigenvalue weighted by Crippen LogP contribution is 2.28. The van der Waals surface area contributed by atoms with Crippen LogP contribution in [0.25, 0.3) is 6.08 Å². The van der Waals surface area contributed by atoms with Gasteiger partial charge in [0.05, 0.1) is 4.91 Å². The van der Waals surface area contributed by atoms with Crippen molar-refractivity contribution in [2.45, 2.75) is 13.5 Å². The van der Waals surface area contributed by atoms with E-state index in [-0.39, 0.29) is 22.8 Å². The normalized spacial score (nSPS) is 15.1. The monoisotopic (exact) mass is 370 g/mol. The number of rotatable bonds is 4. The van der Waals surface area contributed by atoms with E-state index in [1.807, 2.05) is 12.1 Å². The lowest BCUT2D eigenvalue weighted by Gasteiger charge is -2.06. The third kappa shape index (κ3) is 4.80. The van der Waals surface area contributed by atoms with Crippen LogP contribution in [-0.4, -0.2) is 17.0 Å². The highest BCUT2D eigenvalue weighted by Gasteiger charge is 2.22. The van der Waals surface area contributed by atoms with Crippen LogP contribution in [0.5, 0.6) is 5.75 Å². The zero-order valence-electron chi connectivity index (χ0n) is 13.9. The summed E-state index contributed by atoms with van der Waals surface area (Å²) in [5, 5.41) is 2.79. The van der Waals surface area contributed by atoms with Crippen molar-refractivity contribution in [3.05, 3.63) is 70.4 Å². The summed E-state index contributed by atoms with van der Waals surface area (Å²) >= 11 is 1.12. The lowest BCUT2D eigenvalue weighted by molar-refractivity contribution is -0.117. The van der Waals surface area contributed by atoms with E-state index in [0.717, 1.165) is 22.9 Å². The van der Waals surface area contributed by atoms with Crippen LogP contribution in [0.3, 0.4) is 0 Å². The summed E-state index contributed by atoms with van der Waals surface area (Å²) < 4.78 is 18.5. The number of carbonyl (C=O) groups excluding carboxylic acids is 2. The molecule has 5 nitrogen and oxygen atoms in total. The molecule has 2 aromatic rings. The van der Waals surface area contributed by atoms with E-state index < -0.39 is 0 Å². The van der Waals surface area contributed by atoms with Crippen LogP contribution in [-0.2, 0) is 16.2 Å². The van der Waals surface area contributed by atoms with Crippen molar-refractivity contribution in [1.82, 2.24) is 5.32 Å². The molecule has 0 radical (unpaired) electrons. The van der Waals surface area contributed by atoms with Crippen LogP contribution >= 0.6 is 11.8 Å². The van der Waals surface area contributed by atoms with Crippen molar-refractivity contribution in [3.8, 4) is 5.75 Å². The van der Waals surface area contributed by atoms with Gasteiger partial charge in [0.25, 0.3) is 5.91 Å². The Balaban J connectivity index is 1.60. The van der Waals surface area contributed by atoms with Crippen LogP contribution in [0.4, 0.5) is 4.39 Å². The molecule has 26 heavy (non-hydrogen) atoms. The van der Waals surface area contributed by atoms with E-state index in [2.05, 4.69) is 10.3 Å². The number of aliphatic imine (C=N–C) groups is 1. The summed E-state index contributed by atoms with van der Waals surface area (Å²) in [4.78, 5) is 27.1. The molecule has 1 heterocycles. The van der Waals surface area contributed by atoms with Gasteiger partial charge in [0.1, 0.15) is 18.2 Å². The summed E-state index contributed by atoms with van der Waals surface area (Å²) in [6.07, 6.45) is 1.70. The number of hydrogen-bond donors (Lipinski definition) is 1. The molecule has 132 valence electrons. The molecule has 0 aromatic heterocycles. The summed E-state index contributed by atoms with van der Waals surface area (Å²) in [5.74, 6) is -0.267. The van der Waals surface area contributed by atoms with Crippen molar-refractivity contribution >= 4 is 34.8 Å². The maximum absolute atomic E-state index is 12.9. The molecule has 0 unspecified atom stereocenters. The minimum absolute atomic E-state index is 0.270. The number of ether oxygens (including phenoxy) is 1. The van der Waals surface area contributed by atoms with E-state index in [1.165, 1.54) is 19.1 Å². The third-order valence-corrected chi connectivity index (χ3v) is 4.30. The summed E-state index contributed by atoms with van der Waals surface area (Å²) in [7, 11) is 0. The van der Waals surface area contributed by atoms with Crippen LogP contribution in [0.2, 0.25) is 0 Å². The number of amides is 2. The van der Waals surface area contributed by atoms with E-state index >= 15 is 0 Å². The molecule has 2 aromatic carbocycles. The van der Waals surface area contributed by atoms with E-state index in [4.69, 9.17) is 4.74 Å². The number of nitrogens with one attached hydrogen (secondary N) is 1. The van der Waals surface area contributed by atoms with E-state index in [0.29, 0.717) is 17.3 Å². The van der Waals surface area contributed by atoms with Crippen molar-refractivity contribution < 1.29 is 18.7 Å². The van der Waals surface area contributed by atoms with Gasteiger partial charge in [0.2, 0.25) is 5.91 Å². The molecule has 3 rings (SSSR count). The van der Waals surface area contributed by atoms with Gasteiger partial charge < -0.3 is 10.1 Å². The van der Waals surface area contributed by atoms with E-state index in [1.54, 1.807) is 30.3 Å². The zero-order chi connectivity index (χ0) is 18.5. The number of nitrogens with zero attached hydrogens (tertiary/aromatic N) is 1. The number of carbonyl (C=O) groups is 2. The Bertz CT molecular complexity index is 890. The highest BCUT2D eigenvalue weighted by molar-refractivity contribution is 8.18. The van der Waals surface area contributed by atoms with Crippen molar-refractivity contribution in [1.29, 1.82) is 0 Å². The standard InChI is InChI=1S/C19H15FN2O3S/c1-12(23)21-19-22-18(24)17(26-19)10-13-4-8-16(9-5-13)25-11-14-2-6-15(20)7-3-14/h2-10H,11H2,1H3,(H,21,22,23,24)/b17-10-. The fraction of sp³-hybridized carbons (Fsp3) is 0.105. The van der Waals surface area contributed by atoms with Gasteiger partial charge in [-0.3, -0.25) is 9.59 Å². The molecule has 0 spiro atoms. The molecule has 1 N–H and O–H groups in total. The first-order valence-electron chi connectivity index (χ1n) is 7.77. The molecular formula is C19H15FN2O3S. The molecular weight excluding hydrogens is 355 g/mol. The topological polar surface area (TPSA) is 67.8 Å². The van der Waals surface area contributed by atoms with Gasteiger partial charge in [-0.2, -0.15) is 4.99 Å². The largest absolute Gasteiger partial charge is 0.489 e. The Kier molecular flexibility index (Phi) is 5.48. The molecule has 0 saturated heterocycles. The van der Waals surface area contributed by atoms with Gasteiger partial charge >= 0.3 is 0 Å². The average Bonchev–Trinajstić information content (AvgIpc) is 2.94. The van der Waals surface area contributed by atoms with E-state index in [9.17, 15) is 14.0 Å². The SMILES string of the molecule is CC(=O)NC1=NC(=O)/C(=C/c2ccc(OCc3ccc(F)cc3)cc2)S1. The number of benzene rings is 2. The second-order valence-corrected chi connectivity index (χ2v) is 6.53. The summed E-state index contributed by atoms with van der Waals surface area (Å²) in [5.41, 5.74) is 1.68. The Morgan fingerprint density at radius 1 is 1.19 bits per heavy atom. The predicted molar refractivity (Wildman–Crippen MR) is 99.0 cm³/mol.